The van der Waals surface area contributed by atoms with E-state index in [0.29, 0.717) is 18.9 Å². The smallest absolute Gasteiger partial charge is 0.240 e. The van der Waals surface area contributed by atoms with Gasteiger partial charge in [-0.1, -0.05) is 38.1 Å². The Balaban J connectivity index is 1.81. The third kappa shape index (κ3) is 3.66. The molecular weight excluding hydrogens is 348 g/mol. The Bertz CT molecular complexity index is 936. The van der Waals surface area contributed by atoms with Crippen LogP contribution < -0.4 is 9.62 Å². The van der Waals surface area contributed by atoms with Crippen molar-refractivity contribution in [3.8, 4) is 0 Å². The van der Waals surface area contributed by atoms with E-state index in [2.05, 4.69) is 18.6 Å². The summed E-state index contributed by atoms with van der Waals surface area (Å²) >= 11 is 0. The molecule has 3 rings (SSSR count). The van der Waals surface area contributed by atoms with Crippen molar-refractivity contribution in [2.45, 2.75) is 44.6 Å². The van der Waals surface area contributed by atoms with Gasteiger partial charge in [0.1, 0.15) is 0 Å². The summed E-state index contributed by atoms with van der Waals surface area (Å²) in [7, 11) is -3.61. The molecule has 0 atom stereocenters. The Morgan fingerprint density at radius 3 is 2.62 bits per heavy atom. The van der Waals surface area contributed by atoms with Crippen molar-refractivity contribution < 1.29 is 13.2 Å². The number of sulfonamides is 1. The number of nitrogens with zero attached hydrogens (tertiary/aromatic N) is 1. The Labute approximate surface area is 155 Å². The highest BCUT2D eigenvalue weighted by Gasteiger charge is 2.24. The summed E-state index contributed by atoms with van der Waals surface area (Å²) in [6.45, 7) is 6.56. The van der Waals surface area contributed by atoms with Gasteiger partial charge in [-0.25, -0.2) is 13.1 Å². The average molecular weight is 372 g/mol. The summed E-state index contributed by atoms with van der Waals surface area (Å²) in [5, 5.41) is 0. The molecule has 0 radical (unpaired) electrons. The van der Waals surface area contributed by atoms with E-state index in [0.717, 1.165) is 22.4 Å². The number of fused-ring (bicyclic) bond motifs is 1. The van der Waals surface area contributed by atoms with Crippen LogP contribution in [0.1, 0.15) is 43.4 Å². The lowest BCUT2D eigenvalue weighted by Crippen LogP contribution is -2.26. The maximum Gasteiger partial charge on any atom is 0.240 e. The fraction of sp³-hybridized carbons (Fsp3) is 0.350. The summed E-state index contributed by atoms with van der Waals surface area (Å²) in [6, 6.07) is 12.8. The molecule has 2 aromatic rings. The van der Waals surface area contributed by atoms with Gasteiger partial charge < -0.3 is 4.90 Å². The van der Waals surface area contributed by atoms with E-state index in [1.807, 2.05) is 24.3 Å². The molecule has 0 aromatic heterocycles. The maximum atomic E-state index is 12.7. The standard InChI is InChI=1S/C20H24N2O3S/c1-14(2)19-7-5-4-6-17(19)13-21-26(24,25)18-8-9-20-16(12-18)10-11-22(20)15(3)23/h4-9,12,14,21H,10-11,13H2,1-3H3. The van der Waals surface area contributed by atoms with Crippen molar-refractivity contribution in [2.24, 2.45) is 0 Å². The number of carbonyl (C=O) groups excluding carboxylic acids is 1. The highest BCUT2D eigenvalue weighted by atomic mass is 32.2. The molecule has 0 fully saturated rings. The second-order valence-electron chi connectivity index (χ2n) is 6.89. The third-order valence-corrected chi connectivity index (χ3v) is 6.17. The molecule has 1 aliphatic rings. The molecular formula is C20H24N2O3S. The number of hydrogen-bond acceptors (Lipinski definition) is 3. The maximum absolute atomic E-state index is 12.7. The lowest BCUT2D eigenvalue weighted by Gasteiger charge is -2.16. The van der Waals surface area contributed by atoms with Gasteiger partial charge in [-0.3, -0.25) is 4.79 Å². The van der Waals surface area contributed by atoms with Gasteiger partial charge in [0, 0.05) is 25.7 Å². The first-order valence-electron chi connectivity index (χ1n) is 8.78. The van der Waals surface area contributed by atoms with Crippen molar-refractivity contribution >= 4 is 21.6 Å². The second-order valence-corrected chi connectivity index (χ2v) is 8.66. The van der Waals surface area contributed by atoms with Crippen LogP contribution in [0.2, 0.25) is 0 Å². The van der Waals surface area contributed by atoms with E-state index in [-0.39, 0.29) is 17.3 Å². The van der Waals surface area contributed by atoms with E-state index < -0.39 is 10.0 Å². The number of amides is 1. The molecule has 1 N–H and O–H groups in total. The predicted molar refractivity (Wildman–Crippen MR) is 103 cm³/mol. The van der Waals surface area contributed by atoms with Gasteiger partial charge in [0.05, 0.1) is 4.90 Å². The van der Waals surface area contributed by atoms with E-state index in [1.165, 1.54) is 6.92 Å². The predicted octanol–water partition coefficient (Wildman–Crippen LogP) is 3.20. The van der Waals surface area contributed by atoms with Gasteiger partial charge in [-0.05, 0) is 47.2 Å². The molecule has 5 nitrogen and oxygen atoms in total. The normalized spacial score (nSPS) is 13.9. The highest BCUT2D eigenvalue weighted by molar-refractivity contribution is 7.89. The van der Waals surface area contributed by atoms with Crippen LogP contribution in [0.5, 0.6) is 0 Å². The van der Waals surface area contributed by atoms with Crippen LogP contribution in [-0.4, -0.2) is 20.9 Å². The number of hydrogen-bond donors (Lipinski definition) is 1. The minimum atomic E-state index is -3.61. The zero-order chi connectivity index (χ0) is 18.9. The molecule has 0 bridgehead atoms. The van der Waals surface area contributed by atoms with Crippen molar-refractivity contribution in [3.05, 3.63) is 59.2 Å². The molecule has 0 spiro atoms. The molecule has 6 heteroatoms. The molecule has 2 aromatic carbocycles. The van der Waals surface area contributed by atoms with Gasteiger partial charge in [-0.2, -0.15) is 0 Å². The molecule has 1 amide bonds. The van der Waals surface area contributed by atoms with Crippen LogP contribution in [0, 0.1) is 0 Å². The van der Waals surface area contributed by atoms with Crippen molar-refractivity contribution in [1.29, 1.82) is 0 Å². The monoisotopic (exact) mass is 372 g/mol. The van der Waals surface area contributed by atoms with E-state index in [4.69, 9.17) is 0 Å². The van der Waals surface area contributed by atoms with Crippen LogP contribution in [-0.2, 0) is 27.8 Å². The summed E-state index contributed by atoms with van der Waals surface area (Å²) in [5.41, 5.74) is 3.82. The summed E-state index contributed by atoms with van der Waals surface area (Å²) in [6.07, 6.45) is 0.675. The van der Waals surface area contributed by atoms with E-state index in [1.54, 1.807) is 23.1 Å². The average Bonchev–Trinajstić information content (AvgIpc) is 3.03. The van der Waals surface area contributed by atoms with Gasteiger partial charge in [0.25, 0.3) is 0 Å². The van der Waals surface area contributed by atoms with Crippen molar-refractivity contribution in [2.75, 3.05) is 11.4 Å². The molecule has 0 aliphatic carbocycles. The molecule has 0 saturated heterocycles. The van der Waals surface area contributed by atoms with Crippen molar-refractivity contribution in [3.63, 3.8) is 0 Å². The Kier molecular flexibility index (Phi) is 5.16. The fourth-order valence-corrected chi connectivity index (χ4v) is 4.44. The quantitative estimate of drug-likeness (QED) is 0.876. The first-order chi connectivity index (χ1) is 12.3. The van der Waals surface area contributed by atoms with E-state index in [9.17, 15) is 13.2 Å². The van der Waals surface area contributed by atoms with Gasteiger partial charge in [-0.15, -0.1) is 0 Å². The summed E-state index contributed by atoms with van der Waals surface area (Å²) in [5.74, 6) is 0.302. The topological polar surface area (TPSA) is 66.5 Å². The van der Waals surface area contributed by atoms with Crippen LogP contribution >= 0.6 is 0 Å². The summed E-state index contributed by atoms with van der Waals surface area (Å²) in [4.78, 5) is 13.6. The molecule has 138 valence electrons. The minimum Gasteiger partial charge on any atom is -0.312 e. The van der Waals surface area contributed by atoms with E-state index >= 15 is 0 Å². The van der Waals surface area contributed by atoms with Crippen molar-refractivity contribution in [1.82, 2.24) is 4.72 Å². The summed E-state index contributed by atoms with van der Waals surface area (Å²) < 4.78 is 28.1. The first-order valence-corrected chi connectivity index (χ1v) is 10.3. The number of anilines is 1. The van der Waals surface area contributed by atoms with Gasteiger partial charge >= 0.3 is 0 Å². The van der Waals surface area contributed by atoms with Crippen LogP contribution in [0.3, 0.4) is 0 Å². The lowest BCUT2D eigenvalue weighted by atomic mass is 9.97. The van der Waals surface area contributed by atoms with Gasteiger partial charge in [0.2, 0.25) is 15.9 Å². The molecule has 26 heavy (non-hydrogen) atoms. The van der Waals surface area contributed by atoms with Gasteiger partial charge in [0.15, 0.2) is 0 Å². The number of benzene rings is 2. The third-order valence-electron chi connectivity index (χ3n) is 4.77. The first kappa shape index (κ1) is 18.6. The van der Waals surface area contributed by atoms with Crippen LogP contribution in [0.15, 0.2) is 47.4 Å². The molecule has 1 heterocycles. The molecule has 0 unspecified atom stereocenters. The second kappa shape index (κ2) is 7.21. The zero-order valence-electron chi connectivity index (χ0n) is 15.3. The molecule has 0 saturated carbocycles. The Morgan fingerprint density at radius 1 is 1.19 bits per heavy atom. The number of carbonyl (C=O) groups is 1. The number of rotatable bonds is 5. The fourth-order valence-electron chi connectivity index (χ4n) is 3.39. The van der Waals surface area contributed by atoms with Crippen LogP contribution in [0.4, 0.5) is 5.69 Å². The largest absolute Gasteiger partial charge is 0.312 e. The zero-order valence-corrected chi connectivity index (χ0v) is 16.1. The minimum absolute atomic E-state index is 0.0252. The Morgan fingerprint density at radius 2 is 1.92 bits per heavy atom. The number of nitrogens with one attached hydrogen (secondary N) is 1. The highest BCUT2D eigenvalue weighted by Crippen LogP contribution is 2.30. The Hall–Kier alpha value is -2.18. The van der Waals surface area contributed by atoms with Crippen LogP contribution in [0.25, 0.3) is 0 Å². The SMILES string of the molecule is CC(=O)N1CCc2cc(S(=O)(=O)NCc3ccccc3C(C)C)ccc21. The molecule has 1 aliphatic heterocycles. The lowest BCUT2D eigenvalue weighted by molar-refractivity contribution is -0.116.